The molecule has 0 amide bonds. The standard InChI is InChI=1S/C16H30O2/c1-6-8-9-10-11-12-15(7-2)18-16(17)14(5)13(3)4/h10-11,13-15H,6-9,12H2,1-5H3. The van der Waals surface area contributed by atoms with Crippen molar-refractivity contribution in [3.8, 4) is 0 Å². The van der Waals surface area contributed by atoms with Crippen LogP contribution in [-0.2, 0) is 9.53 Å². The van der Waals surface area contributed by atoms with Crippen LogP contribution in [0, 0.1) is 11.8 Å². The molecule has 106 valence electrons. The number of hydrogen-bond acceptors (Lipinski definition) is 2. The summed E-state index contributed by atoms with van der Waals surface area (Å²) in [6.45, 7) is 10.3. The van der Waals surface area contributed by atoms with E-state index in [4.69, 9.17) is 4.74 Å². The van der Waals surface area contributed by atoms with Crippen LogP contribution < -0.4 is 0 Å². The maximum atomic E-state index is 11.8. The number of rotatable bonds is 9. The average Bonchev–Trinajstić information content (AvgIpc) is 2.35. The maximum absolute atomic E-state index is 11.8. The summed E-state index contributed by atoms with van der Waals surface area (Å²) in [4.78, 5) is 11.8. The Kier molecular flexibility index (Phi) is 9.72. The molecule has 2 atom stereocenters. The molecule has 0 aliphatic carbocycles. The van der Waals surface area contributed by atoms with Gasteiger partial charge in [0.25, 0.3) is 0 Å². The van der Waals surface area contributed by atoms with Crippen molar-refractivity contribution < 1.29 is 9.53 Å². The molecule has 0 rings (SSSR count). The molecule has 0 aliphatic heterocycles. The Morgan fingerprint density at radius 3 is 2.33 bits per heavy atom. The van der Waals surface area contributed by atoms with E-state index in [1.807, 2.05) is 6.92 Å². The summed E-state index contributed by atoms with van der Waals surface area (Å²) < 4.78 is 5.54. The molecule has 0 fully saturated rings. The van der Waals surface area contributed by atoms with Gasteiger partial charge in [0.1, 0.15) is 6.10 Å². The van der Waals surface area contributed by atoms with E-state index in [-0.39, 0.29) is 18.0 Å². The Hall–Kier alpha value is -0.790. The minimum Gasteiger partial charge on any atom is -0.462 e. The van der Waals surface area contributed by atoms with Gasteiger partial charge in [-0.1, -0.05) is 59.6 Å². The lowest BCUT2D eigenvalue weighted by Gasteiger charge is -2.19. The van der Waals surface area contributed by atoms with E-state index < -0.39 is 0 Å². The first-order chi connectivity index (χ1) is 8.52. The molecule has 18 heavy (non-hydrogen) atoms. The van der Waals surface area contributed by atoms with Gasteiger partial charge < -0.3 is 4.74 Å². The summed E-state index contributed by atoms with van der Waals surface area (Å²) in [5.41, 5.74) is 0. The predicted octanol–water partition coefficient (Wildman–Crippen LogP) is 4.74. The Labute approximate surface area is 113 Å². The molecule has 0 saturated heterocycles. The van der Waals surface area contributed by atoms with Crippen molar-refractivity contribution in [2.24, 2.45) is 11.8 Å². The monoisotopic (exact) mass is 254 g/mol. The predicted molar refractivity (Wildman–Crippen MR) is 77.5 cm³/mol. The zero-order valence-corrected chi connectivity index (χ0v) is 12.7. The van der Waals surface area contributed by atoms with E-state index in [1.54, 1.807) is 0 Å². The minimum atomic E-state index is -0.0567. The summed E-state index contributed by atoms with van der Waals surface area (Å²) in [6.07, 6.45) is 9.70. The summed E-state index contributed by atoms with van der Waals surface area (Å²) in [5.74, 6) is 0.275. The van der Waals surface area contributed by atoms with E-state index in [0.29, 0.717) is 5.92 Å². The van der Waals surface area contributed by atoms with Crippen LogP contribution in [0.25, 0.3) is 0 Å². The lowest BCUT2D eigenvalue weighted by Crippen LogP contribution is -2.25. The molecule has 2 heteroatoms. The summed E-state index contributed by atoms with van der Waals surface area (Å²) >= 11 is 0. The fraction of sp³-hybridized carbons (Fsp3) is 0.812. The van der Waals surface area contributed by atoms with Gasteiger partial charge in [-0.25, -0.2) is 0 Å². The number of unbranched alkanes of at least 4 members (excludes halogenated alkanes) is 2. The Morgan fingerprint density at radius 1 is 1.17 bits per heavy atom. The van der Waals surface area contributed by atoms with Gasteiger partial charge >= 0.3 is 5.97 Å². The molecule has 0 aromatic rings. The second-order valence-electron chi connectivity index (χ2n) is 5.35. The minimum absolute atomic E-state index is 0.0110. The van der Waals surface area contributed by atoms with Crippen molar-refractivity contribution in [1.82, 2.24) is 0 Å². The molecule has 0 heterocycles. The van der Waals surface area contributed by atoms with Crippen molar-refractivity contribution in [1.29, 1.82) is 0 Å². The third kappa shape index (κ3) is 7.52. The maximum Gasteiger partial charge on any atom is 0.309 e. The van der Waals surface area contributed by atoms with Gasteiger partial charge in [0.2, 0.25) is 0 Å². The molecular weight excluding hydrogens is 224 g/mol. The van der Waals surface area contributed by atoms with Crippen molar-refractivity contribution >= 4 is 5.97 Å². The highest BCUT2D eigenvalue weighted by Gasteiger charge is 2.20. The van der Waals surface area contributed by atoms with Crippen LogP contribution in [0.3, 0.4) is 0 Å². The van der Waals surface area contributed by atoms with Crippen LogP contribution >= 0.6 is 0 Å². The number of carbonyl (C=O) groups excluding carboxylic acids is 1. The van der Waals surface area contributed by atoms with E-state index in [2.05, 4.69) is 39.8 Å². The summed E-state index contributed by atoms with van der Waals surface area (Å²) in [6, 6.07) is 0. The van der Waals surface area contributed by atoms with Crippen molar-refractivity contribution in [2.45, 2.75) is 72.8 Å². The summed E-state index contributed by atoms with van der Waals surface area (Å²) in [5, 5.41) is 0. The highest BCUT2D eigenvalue weighted by molar-refractivity contribution is 5.72. The first-order valence-corrected chi connectivity index (χ1v) is 7.38. The number of allylic oxidation sites excluding steroid dienone is 1. The van der Waals surface area contributed by atoms with Crippen LogP contribution in [0.4, 0.5) is 0 Å². The van der Waals surface area contributed by atoms with Crippen LogP contribution in [0.15, 0.2) is 12.2 Å². The topological polar surface area (TPSA) is 26.3 Å². The lowest BCUT2D eigenvalue weighted by molar-refractivity contribution is -0.154. The second-order valence-corrected chi connectivity index (χ2v) is 5.35. The molecule has 0 aromatic heterocycles. The Balaban J connectivity index is 4.03. The fourth-order valence-electron chi connectivity index (χ4n) is 1.53. The molecular formula is C16H30O2. The van der Waals surface area contributed by atoms with Gasteiger partial charge in [0, 0.05) is 6.42 Å². The van der Waals surface area contributed by atoms with Gasteiger partial charge in [-0.05, 0) is 18.8 Å². The van der Waals surface area contributed by atoms with Gasteiger partial charge in [-0.15, -0.1) is 0 Å². The molecule has 2 nitrogen and oxygen atoms in total. The Morgan fingerprint density at radius 2 is 1.83 bits per heavy atom. The van der Waals surface area contributed by atoms with Crippen LogP contribution in [0.2, 0.25) is 0 Å². The number of esters is 1. The summed E-state index contributed by atoms with van der Waals surface area (Å²) in [7, 11) is 0. The van der Waals surface area contributed by atoms with E-state index in [1.165, 1.54) is 12.8 Å². The number of ether oxygens (including phenoxy) is 1. The molecule has 0 spiro atoms. The molecule has 0 radical (unpaired) electrons. The molecule has 0 bridgehead atoms. The lowest BCUT2D eigenvalue weighted by atomic mass is 9.98. The third-order valence-corrected chi connectivity index (χ3v) is 3.40. The zero-order chi connectivity index (χ0) is 14.0. The van der Waals surface area contributed by atoms with E-state index >= 15 is 0 Å². The number of carbonyl (C=O) groups is 1. The van der Waals surface area contributed by atoms with Crippen LogP contribution in [0.1, 0.15) is 66.7 Å². The van der Waals surface area contributed by atoms with Crippen molar-refractivity contribution in [3.05, 3.63) is 12.2 Å². The fourth-order valence-corrected chi connectivity index (χ4v) is 1.53. The smallest absolute Gasteiger partial charge is 0.309 e. The normalized spacial score (nSPS) is 15.0. The highest BCUT2D eigenvalue weighted by Crippen LogP contribution is 2.15. The first-order valence-electron chi connectivity index (χ1n) is 7.38. The number of hydrogen-bond donors (Lipinski definition) is 0. The zero-order valence-electron chi connectivity index (χ0n) is 12.7. The first kappa shape index (κ1) is 17.2. The quantitative estimate of drug-likeness (QED) is 0.337. The van der Waals surface area contributed by atoms with Gasteiger partial charge in [-0.2, -0.15) is 0 Å². The molecule has 0 saturated carbocycles. The van der Waals surface area contributed by atoms with Crippen molar-refractivity contribution in [3.63, 3.8) is 0 Å². The average molecular weight is 254 g/mol. The van der Waals surface area contributed by atoms with Crippen molar-refractivity contribution in [2.75, 3.05) is 0 Å². The van der Waals surface area contributed by atoms with E-state index in [0.717, 1.165) is 19.3 Å². The second kappa shape index (κ2) is 10.2. The molecule has 0 aromatic carbocycles. The van der Waals surface area contributed by atoms with Crippen LogP contribution in [-0.4, -0.2) is 12.1 Å². The Bertz CT molecular complexity index is 243. The van der Waals surface area contributed by atoms with Gasteiger partial charge in [0.15, 0.2) is 0 Å². The molecule has 2 unspecified atom stereocenters. The largest absolute Gasteiger partial charge is 0.462 e. The molecule has 0 N–H and O–H groups in total. The van der Waals surface area contributed by atoms with E-state index in [9.17, 15) is 4.79 Å². The van der Waals surface area contributed by atoms with Gasteiger partial charge in [-0.3, -0.25) is 4.79 Å². The van der Waals surface area contributed by atoms with Crippen LogP contribution in [0.5, 0.6) is 0 Å². The molecule has 0 aliphatic rings. The third-order valence-electron chi connectivity index (χ3n) is 3.40. The van der Waals surface area contributed by atoms with Gasteiger partial charge in [0.05, 0.1) is 5.92 Å². The SMILES string of the molecule is CCCCC=CCC(CC)OC(=O)C(C)C(C)C. The highest BCUT2D eigenvalue weighted by atomic mass is 16.5.